The predicted molar refractivity (Wildman–Crippen MR) is 65.1 cm³/mol. The molecule has 4 nitrogen and oxygen atoms in total. The summed E-state index contributed by atoms with van der Waals surface area (Å²) >= 11 is 0. The van der Waals surface area contributed by atoms with Crippen LogP contribution in [0.25, 0.3) is 0 Å². The second-order valence-corrected chi connectivity index (χ2v) is 4.51. The summed E-state index contributed by atoms with van der Waals surface area (Å²) in [6.45, 7) is 1.46. The molecule has 4 heteroatoms. The van der Waals surface area contributed by atoms with Crippen LogP contribution in [0.15, 0.2) is 30.3 Å². The van der Waals surface area contributed by atoms with E-state index in [4.69, 9.17) is 10.8 Å². The van der Waals surface area contributed by atoms with E-state index in [-0.39, 0.29) is 18.4 Å². The number of amides is 1. The average Bonchev–Trinajstić information content (AvgIpc) is 2.87. The van der Waals surface area contributed by atoms with E-state index >= 15 is 0 Å². The van der Waals surface area contributed by atoms with Crippen LogP contribution in [0.4, 0.5) is 0 Å². The van der Waals surface area contributed by atoms with Crippen LogP contribution >= 0.6 is 0 Å². The number of likely N-dealkylation sites (tertiary alicyclic amines) is 1. The average molecular weight is 234 g/mol. The van der Waals surface area contributed by atoms with Gasteiger partial charge in [-0.2, -0.15) is 0 Å². The maximum absolute atomic E-state index is 12.1. The van der Waals surface area contributed by atoms with Crippen LogP contribution in [0.1, 0.15) is 18.0 Å². The van der Waals surface area contributed by atoms with Gasteiger partial charge in [-0.25, -0.2) is 0 Å². The van der Waals surface area contributed by atoms with E-state index in [1.54, 1.807) is 4.90 Å². The van der Waals surface area contributed by atoms with Crippen LogP contribution in [0, 0.1) is 5.92 Å². The molecule has 0 saturated carbocycles. The van der Waals surface area contributed by atoms with E-state index < -0.39 is 6.04 Å². The van der Waals surface area contributed by atoms with Gasteiger partial charge < -0.3 is 15.7 Å². The Kier molecular flexibility index (Phi) is 3.76. The van der Waals surface area contributed by atoms with Gasteiger partial charge in [-0.05, 0) is 12.0 Å². The molecule has 0 aliphatic carbocycles. The molecule has 1 fully saturated rings. The lowest BCUT2D eigenvalue weighted by atomic mass is 10.1. The van der Waals surface area contributed by atoms with Gasteiger partial charge in [0.05, 0.1) is 0 Å². The van der Waals surface area contributed by atoms with E-state index in [0.29, 0.717) is 13.1 Å². The normalized spacial score (nSPS) is 21.5. The summed E-state index contributed by atoms with van der Waals surface area (Å²) in [7, 11) is 0. The fourth-order valence-electron chi connectivity index (χ4n) is 2.18. The van der Waals surface area contributed by atoms with Crippen molar-refractivity contribution < 1.29 is 9.90 Å². The molecular weight excluding hydrogens is 216 g/mol. The van der Waals surface area contributed by atoms with Crippen molar-refractivity contribution in [2.75, 3.05) is 19.7 Å². The summed E-state index contributed by atoms with van der Waals surface area (Å²) in [5, 5.41) is 9.05. The first-order valence-electron chi connectivity index (χ1n) is 5.92. The molecule has 1 saturated heterocycles. The highest BCUT2D eigenvalue weighted by molar-refractivity contribution is 5.83. The first kappa shape index (κ1) is 12.1. The van der Waals surface area contributed by atoms with Crippen molar-refractivity contribution in [1.29, 1.82) is 0 Å². The number of carbonyl (C=O) groups excluding carboxylic acids is 1. The minimum atomic E-state index is -0.589. The smallest absolute Gasteiger partial charge is 0.244 e. The zero-order chi connectivity index (χ0) is 12.3. The molecule has 2 atom stereocenters. The van der Waals surface area contributed by atoms with Gasteiger partial charge in [-0.3, -0.25) is 4.79 Å². The number of carbonyl (C=O) groups is 1. The predicted octanol–water partition coefficient (Wildman–Crippen LogP) is 0.527. The lowest BCUT2D eigenvalue weighted by molar-refractivity contribution is -0.131. The number of aliphatic hydroxyl groups excluding tert-OH is 1. The summed E-state index contributed by atoms with van der Waals surface area (Å²) in [5.74, 6) is 0.161. The van der Waals surface area contributed by atoms with Gasteiger partial charge in [0.25, 0.3) is 0 Å². The van der Waals surface area contributed by atoms with Crippen molar-refractivity contribution >= 4 is 5.91 Å². The Morgan fingerprint density at radius 3 is 2.76 bits per heavy atom. The van der Waals surface area contributed by atoms with E-state index in [1.165, 1.54) is 0 Å². The molecule has 0 radical (unpaired) electrons. The number of hydrogen-bond donors (Lipinski definition) is 2. The van der Waals surface area contributed by atoms with Gasteiger partial charge >= 0.3 is 0 Å². The van der Waals surface area contributed by atoms with E-state index in [0.717, 1.165) is 12.0 Å². The minimum Gasteiger partial charge on any atom is -0.396 e. The zero-order valence-corrected chi connectivity index (χ0v) is 9.75. The van der Waals surface area contributed by atoms with Crippen LogP contribution in [-0.4, -0.2) is 35.6 Å². The third-order valence-corrected chi connectivity index (χ3v) is 3.28. The highest BCUT2D eigenvalue weighted by atomic mass is 16.3. The largest absolute Gasteiger partial charge is 0.396 e. The Morgan fingerprint density at radius 1 is 1.47 bits per heavy atom. The first-order chi connectivity index (χ1) is 8.22. The molecule has 2 unspecified atom stereocenters. The van der Waals surface area contributed by atoms with E-state index in [2.05, 4.69) is 0 Å². The van der Waals surface area contributed by atoms with Crippen molar-refractivity contribution in [2.24, 2.45) is 11.7 Å². The molecule has 1 aliphatic heterocycles. The molecule has 1 aromatic carbocycles. The van der Waals surface area contributed by atoms with Crippen LogP contribution in [0.2, 0.25) is 0 Å². The molecule has 2 rings (SSSR count). The van der Waals surface area contributed by atoms with Gasteiger partial charge in [0.1, 0.15) is 6.04 Å². The molecule has 3 N–H and O–H groups in total. The first-order valence-corrected chi connectivity index (χ1v) is 5.92. The highest BCUT2D eigenvalue weighted by Gasteiger charge is 2.29. The molecule has 0 spiro atoms. The summed E-state index contributed by atoms with van der Waals surface area (Å²) in [6.07, 6.45) is 0.865. The van der Waals surface area contributed by atoms with Crippen molar-refractivity contribution in [2.45, 2.75) is 12.5 Å². The molecule has 92 valence electrons. The lowest BCUT2D eigenvalue weighted by Gasteiger charge is -2.21. The molecule has 1 aliphatic rings. The second kappa shape index (κ2) is 5.29. The molecule has 1 heterocycles. The van der Waals surface area contributed by atoms with Gasteiger partial charge in [0.15, 0.2) is 0 Å². The monoisotopic (exact) mass is 234 g/mol. The van der Waals surface area contributed by atoms with Crippen molar-refractivity contribution in [1.82, 2.24) is 4.90 Å². The van der Waals surface area contributed by atoms with Crippen LogP contribution in [0.5, 0.6) is 0 Å². The van der Waals surface area contributed by atoms with Gasteiger partial charge in [-0.15, -0.1) is 0 Å². The fraction of sp³-hybridized carbons (Fsp3) is 0.462. The maximum Gasteiger partial charge on any atom is 0.244 e. The van der Waals surface area contributed by atoms with Crippen LogP contribution in [0.3, 0.4) is 0 Å². The maximum atomic E-state index is 12.1. The third kappa shape index (κ3) is 2.65. The Hall–Kier alpha value is -1.39. The molecule has 1 amide bonds. The highest BCUT2D eigenvalue weighted by Crippen LogP contribution is 2.20. The summed E-state index contributed by atoms with van der Waals surface area (Å²) in [5.41, 5.74) is 6.79. The molecule has 17 heavy (non-hydrogen) atoms. The number of hydrogen-bond acceptors (Lipinski definition) is 3. The summed E-state index contributed by atoms with van der Waals surface area (Å²) in [4.78, 5) is 13.9. The lowest BCUT2D eigenvalue weighted by Crippen LogP contribution is -2.37. The second-order valence-electron chi connectivity index (χ2n) is 4.51. The van der Waals surface area contributed by atoms with Gasteiger partial charge in [0, 0.05) is 25.6 Å². The number of aliphatic hydroxyl groups is 1. The quantitative estimate of drug-likeness (QED) is 0.801. The minimum absolute atomic E-state index is 0.0489. The Bertz CT molecular complexity index is 380. The standard InChI is InChI=1S/C13H18N2O2/c14-12(11-4-2-1-3-5-11)13(17)15-7-6-10(8-15)9-16/h1-5,10,12,16H,6-9,14H2. The molecule has 0 bridgehead atoms. The Balaban J connectivity index is 2.01. The van der Waals surface area contributed by atoms with Crippen LogP contribution < -0.4 is 5.73 Å². The fourth-order valence-corrected chi connectivity index (χ4v) is 2.18. The Morgan fingerprint density at radius 2 is 2.18 bits per heavy atom. The van der Waals surface area contributed by atoms with Crippen LogP contribution in [-0.2, 0) is 4.79 Å². The third-order valence-electron chi connectivity index (χ3n) is 3.28. The number of nitrogens with zero attached hydrogens (tertiary/aromatic N) is 1. The van der Waals surface area contributed by atoms with Gasteiger partial charge in [0.2, 0.25) is 5.91 Å². The Labute approximate surface area is 101 Å². The molecule has 0 aromatic heterocycles. The topological polar surface area (TPSA) is 66.6 Å². The van der Waals surface area contributed by atoms with Gasteiger partial charge in [-0.1, -0.05) is 30.3 Å². The number of rotatable bonds is 3. The SMILES string of the molecule is NC(C(=O)N1CCC(CO)C1)c1ccccc1. The molecular formula is C13H18N2O2. The summed E-state index contributed by atoms with van der Waals surface area (Å²) < 4.78 is 0. The van der Waals surface area contributed by atoms with E-state index in [1.807, 2.05) is 30.3 Å². The number of nitrogens with two attached hydrogens (primary N) is 1. The van der Waals surface area contributed by atoms with E-state index in [9.17, 15) is 4.79 Å². The number of benzene rings is 1. The van der Waals surface area contributed by atoms with Crippen molar-refractivity contribution in [3.05, 3.63) is 35.9 Å². The zero-order valence-electron chi connectivity index (χ0n) is 9.75. The van der Waals surface area contributed by atoms with Crippen molar-refractivity contribution in [3.63, 3.8) is 0 Å². The summed E-state index contributed by atoms with van der Waals surface area (Å²) in [6, 6.07) is 8.79. The molecule has 1 aromatic rings. The van der Waals surface area contributed by atoms with Crippen molar-refractivity contribution in [3.8, 4) is 0 Å².